The van der Waals surface area contributed by atoms with Crippen LogP contribution in [-0.2, 0) is 0 Å². The highest BCUT2D eigenvalue weighted by molar-refractivity contribution is 7.26. The molecule has 0 N–H and O–H groups in total. The first-order chi connectivity index (χ1) is 29.8. The van der Waals surface area contributed by atoms with E-state index in [1.165, 1.54) is 69.9 Å². The number of anilines is 3. The van der Waals surface area contributed by atoms with Crippen LogP contribution < -0.4 is 4.90 Å². The van der Waals surface area contributed by atoms with Crippen LogP contribution in [0.15, 0.2) is 237 Å². The van der Waals surface area contributed by atoms with Crippen LogP contribution in [0.2, 0.25) is 0 Å². The lowest BCUT2D eigenvalue weighted by atomic mass is 9.90. The number of benzene rings is 10. The number of para-hydroxylation sites is 1. The van der Waals surface area contributed by atoms with Crippen LogP contribution in [0.3, 0.4) is 0 Å². The van der Waals surface area contributed by atoms with E-state index in [9.17, 15) is 0 Å². The fourth-order valence-electron chi connectivity index (χ4n) is 8.91. The van der Waals surface area contributed by atoms with E-state index in [1.54, 1.807) is 0 Å². The molecule has 0 radical (unpaired) electrons. The van der Waals surface area contributed by atoms with Crippen LogP contribution >= 0.6 is 11.3 Å². The summed E-state index contributed by atoms with van der Waals surface area (Å²) in [6, 6.07) is 86.2. The molecule has 0 atom stereocenters. The van der Waals surface area contributed by atoms with Gasteiger partial charge in [0.1, 0.15) is 0 Å². The Morgan fingerprint density at radius 2 is 0.850 bits per heavy atom. The van der Waals surface area contributed by atoms with Crippen LogP contribution in [0.1, 0.15) is 0 Å². The van der Waals surface area contributed by atoms with Gasteiger partial charge < -0.3 is 4.90 Å². The smallest absolute Gasteiger partial charge is 0.0540 e. The Hall–Kier alpha value is -7.52. The van der Waals surface area contributed by atoms with Gasteiger partial charge >= 0.3 is 0 Å². The highest BCUT2D eigenvalue weighted by Crippen LogP contribution is 2.49. The van der Waals surface area contributed by atoms with Crippen molar-refractivity contribution < 1.29 is 0 Å². The third-order valence-electron chi connectivity index (χ3n) is 11.7. The molecule has 2 heteroatoms. The van der Waals surface area contributed by atoms with Crippen molar-refractivity contribution in [3.05, 3.63) is 237 Å². The van der Waals surface area contributed by atoms with E-state index >= 15 is 0 Å². The van der Waals surface area contributed by atoms with Crippen molar-refractivity contribution in [3.63, 3.8) is 0 Å². The molecule has 1 heterocycles. The van der Waals surface area contributed by atoms with Gasteiger partial charge in [-0.05, 0) is 91.7 Å². The van der Waals surface area contributed by atoms with Gasteiger partial charge in [-0.15, -0.1) is 11.3 Å². The summed E-state index contributed by atoms with van der Waals surface area (Å²) in [6.45, 7) is 0. The Bertz CT molecular complexity index is 3310. The molecule has 0 fully saturated rings. The first-order valence-electron chi connectivity index (χ1n) is 20.5. The molecule has 0 saturated heterocycles. The van der Waals surface area contributed by atoms with Crippen molar-refractivity contribution in [2.75, 3.05) is 4.90 Å². The van der Waals surface area contributed by atoms with Gasteiger partial charge in [-0.3, -0.25) is 0 Å². The van der Waals surface area contributed by atoms with Crippen molar-refractivity contribution >= 4 is 59.3 Å². The Kier molecular flexibility index (Phi) is 9.11. The summed E-state index contributed by atoms with van der Waals surface area (Å²) in [5.74, 6) is 0. The molecule has 10 aromatic carbocycles. The number of fused-ring (bicyclic) bond motifs is 4. The molecule has 0 aliphatic rings. The molecule has 11 aromatic rings. The normalized spacial score (nSPS) is 11.3. The number of hydrogen-bond donors (Lipinski definition) is 0. The van der Waals surface area contributed by atoms with E-state index in [0.29, 0.717) is 0 Å². The fraction of sp³-hybridized carbons (Fsp3) is 0. The first kappa shape index (κ1) is 35.6. The predicted octanol–water partition coefficient (Wildman–Crippen LogP) is 17.0. The topological polar surface area (TPSA) is 3.24 Å². The molecule has 282 valence electrons. The second kappa shape index (κ2) is 15.3. The van der Waals surface area contributed by atoms with Crippen LogP contribution in [0.25, 0.3) is 86.6 Å². The third-order valence-corrected chi connectivity index (χ3v) is 12.9. The largest absolute Gasteiger partial charge is 0.309 e. The molecular weight excluding hydrogens is 743 g/mol. The lowest BCUT2D eigenvalue weighted by Crippen LogP contribution is -2.13. The molecule has 0 spiro atoms. The van der Waals surface area contributed by atoms with Crippen LogP contribution in [0, 0.1) is 0 Å². The van der Waals surface area contributed by atoms with Gasteiger partial charge in [0.15, 0.2) is 0 Å². The summed E-state index contributed by atoms with van der Waals surface area (Å²) in [4.78, 5) is 2.49. The number of hydrogen-bond acceptors (Lipinski definition) is 2. The van der Waals surface area contributed by atoms with Crippen molar-refractivity contribution in [1.82, 2.24) is 0 Å². The van der Waals surface area contributed by atoms with Crippen LogP contribution in [0.4, 0.5) is 17.1 Å². The van der Waals surface area contributed by atoms with Gasteiger partial charge in [-0.1, -0.05) is 200 Å². The van der Waals surface area contributed by atoms with Crippen LogP contribution in [-0.4, -0.2) is 0 Å². The zero-order valence-electron chi connectivity index (χ0n) is 32.9. The van der Waals surface area contributed by atoms with E-state index in [1.807, 2.05) is 11.3 Å². The van der Waals surface area contributed by atoms with Crippen molar-refractivity contribution in [2.45, 2.75) is 0 Å². The fourth-order valence-corrected chi connectivity index (χ4v) is 10.1. The van der Waals surface area contributed by atoms with E-state index in [-0.39, 0.29) is 0 Å². The second-order valence-corrected chi connectivity index (χ2v) is 16.3. The molecule has 0 unspecified atom stereocenters. The molecule has 1 aromatic heterocycles. The molecule has 0 saturated carbocycles. The van der Waals surface area contributed by atoms with Gasteiger partial charge in [-0.25, -0.2) is 0 Å². The zero-order chi connectivity index (χ0) is 39.8. The molecule has 60 heavy (non-hydrogen) atoms. The van der Waals surface area contributed by atoms with Gasteiger partial charge in [0.2, 0.25) is 0 Å². The maximum absolute atomic E-state index is 2.49. The zero-order valence-corrected chi connectivity index (χ0v) is 33.7. The highest BCUT2D eigenvalue weighted by Gasteiger charge is 2.23. The van der Waals surface area contributed by atoms with E-state index in [0.717, 1.165) is 33.8 Å². The lowest BCUT2D eigenvalue weighted by Gasteiger charge is -2.31. The Morgan fingerprint density at radius 3 is 1.63 bits per heavy atom. The SMILES string of the molecule is c1ccc(-c2ccc(N(c3cccc(-c4cccc5c4sc4ccccc45)c3)c3ccccc3-c3cccc4cccc(-c5ccccc5)c34)c(-c3ccccc3)c2)cc1. The number of rotatable bonds is 8. The Balaban J connectivity index is 1.18. The molecular formula is C58H39NS. The quantitative estimate of drug-likeness (QED) is 0.148. The average Bonchev–Trinajstić information content (AvgIpc) is 3.72. The molecule has 0 aliphatic heterocycles. The Labute approximate surface area is 354 Å². The van der Waals surface area contributed by atoms with Crippen molar-refractivity contribution in [3.8, 4) is 55.6 Å². The second-order valence-electron chi connectivity index (χ2n) is 15.2. The van der Waals surface area contributed by atoms with Crippen molar-refractivity contribution in [1.29, 1.82) is 0 Å². The van der Waals surface area contributed by atoms with Crippen molar-refractivity contribution in [2.24, 2.45) is 0 Å². The van der Waals surface area contributed by atoms with E-state index < -0.39 is 0 Å². The minimum Gasteiger partial charge on any atom is -0.309 e. The molecule has 0 aliphatic carbocycles. The predicted molar refractivity (Wildman–Crippen MR) is 259 cm³/mol. The highest BCUT2D eigenvalue weighted by atomic mass is 32.1. The summed E-state index contributed by atoms with van der Waals surface area (Å²) < 4.78 is 2.62. The third kappa shape index (κ3) is 6.35. The van der Waals surface area contributed by atoms with Gasteiger partial charge in [0.25, 0.3) is 0 Å². The molecule has 0 amide bonds. The average molecular weight is 782 g/mol. The molecule has 0 bridgehead atoms. The van der Waals surface area contributed by atoms with Crippen LogP contribution in [0.5, 0.6) is 0 Å². The Morgan fingerprint density at radius 1 is 0.300 bits per heavy atom. The summed E-state index contributed by atoms with van der Waals surface area (Å²) in [5.41, 5.74) is 15.2. The monoisotopic (exact) mass is 781 g/mol. The van der Waals surface area contributed by atoms with E-state index in [2.05, 4.69) is 241 Å². The van der Waals surface area contributed by atoms with Gasteiger partial charge in [-0.2, -0.15) is 0 Å². The standard InChI is InChI=1S/C58H39NS/c1-4-18-40(19-5-1)44-36-37-55(53(39-44)42-22-8-3-9-23-42)59(46-27-14-26-45(38-46)48-31-17-33-52-50-29-11-13-35-56(50)60-58(48)52)54-34-12-10-28-49(54)51-32-16-25-43-24-15-30-47(57(43)51)41-20-6-2-7-21-41/h1-39H. The van der Waals surface area contributed by atoms with Gasteiger partial charge in [0.05, 0.1) is 11.4 Å². The molecule has 1 nitrogen and oxygen atoms in total. The number of thiophene rings is 1. The maximum Gasteiger partial charge on any atom is 0.0540 e. The minimum absolute atomic E-state index is 1.09. The first-order valence-corrected chi connectivity index (χ1v) is 21.3. The summed E-state index contributed by atoms with van der Waals surface area (Å²) in [6.07, 6.45) is 0. The van der Waals surface area contributed by atoms with Gasteiger partial charge in [0, 0.05) is 37.0 Å². The summed E-state index contributed by atoms with van der Waals surface area (Å²) in [5, 5.41) is 5.06. The minimum atomic E-state index is 1.09. The summed E-state index contributed by atoms with van der Waals surface area (Å²) in [7, 11) is 0. The maximum atomic E-state index is 2.49. The molecule has 11 rings (SSSR count). The summed E-state index contributed by atoms with van der Waals surface area (Å²) >= 11 is 1.88. The van der Waals surface area contributed by atoms with E-state index in [4.69, 9.17) is 0 Å². The number of nitrogens with zero attached hydrogens (tertiary/aromatic N) is 1. The lowest BCUT2D eigenvalue weighted by molar-refractivity contribution is 1.28.